The molecule has 0 aromatic heterocycles. The molecule has 0 aliphatic carbocycles. The van der Waals surface area contributed by atoms with E-state index in [9.17, 15) is 9.59 Å². The molecule has 0 heterocycles. The van der Waals surface area contributed by atoms with E-state index in [1.807, 2.05) is 13.8 Å². The molecule has 0 atom stereocenters. The summed E-state index contributed by atoms with van der Waals surface area (Å²) in [5, 5.41) is 4.90. The van der Waals surface area contributed by atoms with Gasteiger partial charge >= 0.3 is 12.0 Å². The van der Waals surface area contributed by atoms with E-state index < -0.39 is 5.97 Å². The summed E-state index contributed by atoms with van der Waals surface area (Å²) in [5.74, 6) is -0.464. The summed E-state index contributed by atoms with van der Waals surface area (Å²) in [5.41, 5.74) is 0. The van der Waals surface area contributed by atoms with E-state index in [-0.39, 0.29) is 18.6 Å². The summed E-state index contributed by atoms with van der Waals surface area (Å²) in [6.45, 7) is 3.56. The predicted molar refractivity (Wildman–Crippen MR) is 43.7 cm³/mol. The van der Waals surface area contributed by atoms with Gasteiger partial charge in [0.2, 0.25) is 0 Å². The third kappa shape index (κ3) is 5.52. The van der Waals surface area contributed by atoms with Crippen LogP contribution < -0.4 is 10.6 Å². The molecule has 0 radical (unpaired) electrons. The Morgan fingerprint density at radius 2 is 2.00 bits per heavy atom. The highest BCUT2D eigenvalue weighted by Gasteiger charge is 2.04. The number of carbonyl (C=O) groups excluding carboxylic acids is 2. The molecule has 12 heavy (non-hydrogen) atoms. The second-order valence-electron chi connectivity index (χ2n) is 2.56. The highest BCUT2D eigenvalue weighted by molar-refractivity contribution is 5.80. The van der Waals surface area contributed by atoms with Crippen molar-refractivity contribution in [3.05, 3.63) is 0 Å². The smallest absolute Gasteiger partial charge is 0.325 e. The third-order valence-electron chi connectivity index (χ3n) is 1.04. The van der Waals surface area contributed by atoms with Gasteiger partial charge in [0.25, 0.3) is 0 Å². The van der Waals surface area contributed by atoms with Crippen LogP contribution in [-0.2, 0) is 9.53 Å². The molecule has 0 unspecified atom stereocenters. The molecule has 5 nitrogen and oxygen atoms in total. The van der Waals surface area contributed by atoms with Gasteiger partial charge < -0.3 is 15.4 Å². The van der Waals surface area contributed by atoms with E-state index in [0.717, 1.165) is 0 Å². The van der Waals surface area contributed by atoms with Crippen LogP contribution >= 0.6 is 0 Å². The lowest BCUT2D eigenvalue weighted by molar-refractivity contribution is -0.139. The first-order valence-electron chi connectivity index (χ1n) is 3.67. The van der Waals surface area contributed by atoms with Gasteiger partial charge in [0, 0.05) is 6.04 Å². The van der Waals surface area contributed by atoms with Crippen molar-refractivity contribution < 1.29 is 14.3 Å². The number of methoxy groups -OCH3 is 1. The second-order valence-corrected chi connectivity index (χ2v) is 2.56. The summed E-state index contributed by atoms with van der Waals surface area (Å²) in [4.78, 5) is 21.4. The molecule has 2 amide bonds. The Hall–Kier alpha value is -1.26. The molecule has 0 aliphatic heterocycles. The SMILES string of the molecule is COC(=O)CNC(=O)NC(C)C. The van der Waals surface area contributed by atoms with Crippen molar-refractivity contribution in [2.45, 2.75) is 19.9 Å². The maximum absolute atomic E-state index is 10.8. The quantitative estimate of drug-likeness (QED) is 0.585. The van der Waals surface area contributed by atoms with Crippen LogP contribution in [-0.4, -0.2) is 31.7 Å². The molecule has 0 aromatic carbocycles. The first-order valence-corrected chi connectivity index (χ1v) is 3.67. The minimum Gasteiger partial charge on any atom is -0.468 e. The fourth-order valence-corrected chi connectivity index (χ4v) is 0.538. The topological polar surface area (TPSA) is 67.4 Å². The van der Waals surface area contributed by atoms with Gasteiger partial charge in [-0.3, -0.25) is 4.79 Å². The average Bonchev–Trinajstić information content (AvgIpc) is 1.99. The number of esters is 1. The maximum Gasteiger partial charge on any atom is 0.325 e. The van der Waals surface area contributed by atoms with E-state index >= 15 is 0 Å². The molecule has 0 saturated carbocycles. The average molecular weight is 174 g/mol. The van der Waals surface area contributed by atoms with Crippen molar-refractivity contribution >= 4 is 12.0 Å². The molecule has 0 rings (SSSR count). The Bertz CT molecular complexity index is 168. The van der Waals surface area contributed by atoms with Crippen LogP contribution in [0.4, 0.5) is 4.79 Å². The number of nitrogens with one attached hydrogen (secondary N) is 2. The molecule has 0 fully saturated rings. The Balaban J connectivity index is 3.51. The van der Waals surface area contributed by atoms with Gasteiger partial charge in [0.15, 0.2) is 0 Å². The van der Waals surface area contributed by atoms with Gasteiger partial charge in [-0.05, 0) is 13.8 Å². The summed E-state index contributed by atoms with van der Waals surface area (Å²) in [6, 6.07) is -0.307. The zero-order chi connectivity index (χ0) is 9.56. The van der Waals surface area contributed by atoms with Crippen molar-refractivity contribution in [3.63, 3.8) is 0 Å². The summed E-state index contributed by atoms with van der Waals surface area (Å²) in [6.07, 6.45) is 0. The Morgan fingerprint density at radius 3 is 2.42 bits per heavy atom. The minimum absolute atomic E-state index is 0.0580. The number of amides is 2. The van der Waals surface area contributed by atoms with Crippen LogP contribution in [0, 0.1) is 0 Å². The van der Waals surface area contributed by atoms with Crippen molar-refractivity contribution in [2.75, 3.05) is 13.7 Å². The standard InChI is InChI=1S/C7H14N2O3/c1-5(2)9-7(11)8-4-6(10)12-3/h5H,4H2,1-3H3,(H2,8,9,11). The molecule has 0 spiro atoms. The number of hydrogen-bond acceptors (Lipinski definition) is 3. The molecule has 2 N–H and O–H groups in total. The van der Waals surface area contributed by atoms with Gasteiger partial charge in [0.05, 0.1) is 7.11 Å². The molecular weight excluding hydrogens is 160 g/mol. The van der Waals surface area contributed by atoms with Crippen molar-refractivity contribution in [1.82, 2.24) is 10.6 Å². The fraction of sp³-hybridized carbons (Fsp3) is 0.714. The molecule has 5 heteroatoms. The summed E-state index contributed by atoms with van der Waals surface area (Å²) >= 11 is 0. The van der Waals surface area contributed by atoms with E-state index in [0.29, 0.717) is 0 Å². The lowest BCUT2D eigenvalue weighted by atomic mass is 10.4. The van der Waals surface area contributed by atoms with Gasteiger partial charge in [0.1, 0.15) is 6.54 Å². The third-order valence-corrected chi connectivity index (χ3v) is 1.04. The molecule has 0 aliphatic rings. The Labute approximate surface area is 71.5 Å². The van der Waals surface area contributed by atoms with Crippen molar-refractivity contribution in [1.29, 1.82) is 0 Å². The summed E-state index contributed by atoms with van der Waals surface area (Å²) in [7, 11) is 1.27. The molecule has 0 saturated heterocycles. The van der Waals surface area contributed by atoms with Crippen LogP contribution in [0.1, 0.15) is 13.8 Å². The number of ether oxygens (including phenoxy) is 1. The molecular formula is C7H14N2O3. The van der Waals surface area contributed by atoms with Gasteiger partial charge in [-0.1, -0.05) is 0 Å². The zero-order valence-electron chi connectivity index (χ0n) is 7.51. The van der Waals surface area contributed by atoms with Crippen LogP contribution in [0.15, 0.2) is 0 Å². The normalized spacial score (nSPS) is 9.33. The second kappa shape index (κ2) is 5.40. The molecule has 0 aromatic rings. The van der Waals surface area contributed by atoms with Gasteiger partial charge in [-0.25, -0.2) is 4.79 Å². The maximum atomic E-state index is 10.8. The van der Waals surface area contributed by atoms with Crippen LogP contribution in [0.25, 0.3) is 0 Å². The summed E-state index contributed by atoms with van der Waals surface area (Å²) < 4.78 is 4.32. The van der Waals surface area contributed by atoms with E-state index in [1.54, 1.807) is 0 Å². The Kier molecular flexibility index (Phi) is 4.83. The number of rotatable bonds is 3. The lowest BCUT2D eigenvalue weighted by Crippen LogP contribution is -2.41. The Morgan fingerprint density at radius 1 is 1.42 bits per heavy atom. The monoisotopic (exact) mass is 174 g/mol. The van der Waals surface area contributed by atoms with E-state index in [2.05, 4.69) is 15.4 Å². The zero-order valence-corrected chi connectivity index (χ0v) is 7.51. The van der Waals surface area contributed by atoms with E-state index in [4.69, 9.17) is 0 Å². The van der Waals surface area contributed by atoms with Crippen LogP contribution in [0.3, 0.4) is 0 Å². The van der Waals surface area contributed by atoms with Crippen molar-refractivity contribution in [2.24, 2.45) is 0 Å². The minimum atomic E-state index is -0.464. The predicted octanol–water partition coefficient (Wildman–Crippen LogP) is -0.133. The highest BCUT2D eigenvalue weighted by Crippen LogP contribution is 1.76. The van der Waals surface area contributed by atoms with Gasteiger partial charge in [-0.15, -0.1) is 0 Å². The van der Waals surface area contributed by atoms with Gasteiger partial charge in [-0.2, -0.15) is 0 Å². The number of hydrogen-bond donors (Lipinski definition) is 2. The highest BCUT2D eigenvalue weighted by atomic mass is 16.5. The molecule has 70 valence electrons. The first kappa shape index (κ1) is 10.7. The van der Waals surface area contributed by atoms with Crippen LogP contribution in [0.2, 0.25) is 0 Å². The van der Waals surface area contributed by atoms with Crippen molar-refractivity contribution in [3.8, 4) is 0 Å². The molecule has 0 bridgehead atoms. The number of carbonyl (C=O) groups is 2. The number of urea groups is 1. The largest absolute Gasteiger partial charge is 0.468 e. The first-order chi connectivity index (χ1) is 5.56. The van der Waals surface area contributed by atoms with Crippen LogP contribution in [0.5, 0.6) is 0 Å². The fourth-order valence-electron chi connectivity index (χ4n) is 0.538. The lowest BCUT2D eigenvalue weighted by Gasteiger charge is -2.08. The van der Waals surface area contributed by atoms with E-state index in [1.165, 1.54) is 7.11 Å².